The van der Waals surface area contributed by atoms with Crippen LogP contribution >= 0.6 is 0 Å². The summed E-state index contributed by atoms with van der Waals surface area (Å²) in [5.74, 6) is -1.43. The molecular formula is C15H19FN2O3. The van der Waals surface area contributed by atoms with Gasteiger partial charge in [0.2, 0.25) is 5.91 Å². The van der Waals surface area contributed by atoms with Crippen LogP contribution in [0.4, 0.5) is 10.1 Å². The van der Waals surface area contributed by atoms with Crippen LogP contribution in [-0.4, -0.2) is 25.5 Å². The van der Waals surface area contributed by atoms with E-state index in [9.17, 15) is 14.0 Å². The topological polar surface area (TPSA) is 81.4 Å². The van der Waals surface area contributed by atoms with E-state index in [0.29, 0.717) is 12.8 Å². The van der Waals surface area contributed by atoms with E-state index in [1.807, 2.05) is 0 Å². The molecule has 0 aliphatic heterocycles. The summed E-state index contributed by atoms with van der Waals surface area (Å²) in [5.41, 5.74) is 5.37. The smallest absolute Gasteiger partial charge is 0.339 e. The van der Waals surface area contributed by atoms with E-state index < -0.39 is 17.2 Å². The van der Waals surface area contributed by atoms with Gasteiger partial charge in [0, 0.05) is 6.54 Å². The number of methoxy groups -OCH3 is 1. The van der Waals surface area contributed by atoms with Gasteiger partial charge < -0.3 is 15.8 Å². The molecule has 114 valence electrons. The number of hydrogen-bond acceptors (Lipinski definition) is 4. The molecule has 1 fully saturated rings. The molecule has 1 saturated carbocycles. The van der Waals surface area contributed by atoms with Gasteiger partial charge in [0.15, 0.2) is 0 Å². The van der Waals surface area contributed by atoms with Gasteiger partial charge in [0.1, 0.15) is 5.82 Å². The molecule has 21 heavy (non-hydrogen) atoms. The summed E-state index contributed by atoms with van der Waals surface area (Å²) >= 11 is 0. The number of anilines is 1. The zero-order valence-corrected chi connectivity index (χ0v) is 11.9. The molecule has 3 N–H and O–H groups in total. The first kappa shape index (κ1) is 15.4. The Labute approximate surface area is 122 Å². The number of amides is 1. The minimum absolute atomic E-state index is 0.117. The van der Waals surface area contributed by atoms with E-state index in [2.05, 4.69) is 10.1 Å². The Morgan fingerprint density at radius 2 is 2.05 bits per heavy atom. The first-order valence-electron chi connectivity index (χ1n) is 6.92. The highest BCUT2D eigenvalue weighted by Crippen LogP contribution is 2.38. The van der Waals surface area contributed by atoms with Gasteiger partial charge in [-0.1, -0.05) is 12.8 Å². The summed E-state index contributed by atoms with van der Waals surface area (Å²) in [4.78, 5) is 24.2. The number of esters is 1. The molecule has 0 spiro atoms. The zero-order valence-electron chi connectivity index (χ0n) is 11.9. The second-order valence-corrected chi connectivity index (χ2v) is 5.33. The average Bonchev–Trinajstić information content (AvgIpc) is 2.97. The maximum atomic E-state index is 13.4. The SMILES string of the molecule is COC(=O)c1ccc(F)cc1NC(=O)C1(CN)CCCC1. The van der Waals surface area contributed by atoms with Crippen molar-refractivity contribution in [3.63, 3.8) is 0 Å². The van der Waals surface area contributed by atoms with Gasteiger partial charge in [0.05, 0.1) is 23.8 Å². The fourth-order valence-electron chi connectivity index (χ4n) is 2.74. The molecule has 0 aromatic heterocycles. The van der Waals surface area contributed by atoms with Crippen molar-refractivity contribution in [2.45, 2.75) is 25.7 Å². The lowest BCUT2D eigenvalue weighted by molar-refractivity contribution is -0.124. The summed E-state index contributed by atoms with van der Waals surface area (Å²) in [7, 11) is 1.23. The summed E-state index contributed by atoms with van der Waals surface area (Å²) in [6.45, 7) is 0.238. The third-order valence-corrected chi connectivity index (χ3v) is 4.07. The highest BCUT2D eigenvalue weighted by atomic mass is 19.1. The molecule has 0 bridgehead atoms. The molecule has 6 heteroatoms. The maximum Gasteiger partial charge on any atom is 0.339 e. The molecule has 5 nitrogen and oxygen atoms in total. The van der Waals surface area contributed by atoms with Crippen LogP contribution in [0.2, 0.25) is 0 Å². The lowest BCUT2D eigenvalue weighted by atomic mass is 9.85. The monoisotopic (exact) mass is 294 g/mol. The van der Waals surface area contributed by atoms with Crippen molar-refractivity contribution in [1.29, 1.82) is 0 Å². The van der Waals surface area contributed by atoms with E-state index in [0.717, 1.165) is 25.0 Å². The third kappa shape index (κ3) is 3.05. The Hall–Kier alpha value is -1.95. The van der Waals surface area contributed by atoms with Crippen molar-refractivity contribution >= 4 is 17.6 Å². The second kappa shape index (κ2) is 6.22. The zero-order chi connectivity index (χ0) is 15.5. The molecule has 0 saturated heterocycles. The molecule has 0 unspecified atom stereocenters. The summed E-state index contributed by atoms with van der Waals surface area (Å²) in [5, 5.41) is 2.64. The number of rotatable bonds is 4. The summed E-state index contributed by atoms with van der Waals surface area (Å²) in [6, 6.07) is 3.56. The van der Waals surface area contributed by atoms with Gasteiger partial charge in [-0.3, -0.25) is 4.79 Å². The fourth-order valence-corrected chi connectivity index (χ4v) is 2.74. The van der Waals surface area contributed by atoms with E-state index in [1.165, 1.54) is 13.2 Å². The van der Waals surface area contributed by atoms with Crippen LogP contribution in [0.3, 0.4) is 0 Å². The largest absolute Gasteiger partial charge is 0.465 e. The number of nitrogens with one attached hydrogen (secondary N) is 1. The number of ether oxygens (including phenoxy) is 1. The molecule has 1 aromatic rings. The molecule has 2 rings (SSSR count). The molecule has 1 aromatic carbocycles. The van der Waals surface area contributed by atoms with Crippen LogP contribution in [0, 0.1) is 11.2 Å². The van der Waals surface area contributed by atoms with Crippen molar-refractivity contribution in [1.82, 2.24) is 0 Å². The lowest BCUT2D eigenvalue weighted by Crippen LogP contribution is -2.40. The number of carbonyl (C=O) groups excluding carboxylic acids is 2. The van der Waals surface area contributed by atoms with Gasteiger partial charge in [-0.15, -0.1) is 0 Å². The lowest BCUT2D eigenvalue weighted by Gasteiger charge is -2.26. The Morgan fingerprint density at radius 1 is 1.38 bits per heavy atom. The predicted octanol–water partition coefficient (Wildman–Crippen LogP) is 2.07. The van der Waals surface area contributed by atoms with E-state index in [1.54, 1.807) is 0 Å². The predicted molar refractivity (Wildman–Crippen MR) is 76.3 cm³/mol. The highest BCUT2D eigenvalue weighted by Gasteiger charge is 2.40. The molecule has 0 atom stereocenters. The van der Waals surface area contributed by atoms with Gasteiger partial charge in [0.25, 0.3) is 0 Å². The van der Waals surface area contributed by atoms with E-state index >= 15 is 0 Å². The van der Waals surface area contributed by atoms with Crippen molar-refractivity contribution in [2.75, 3.05) is 19.0 Å². The third-order valence-electron chi connectivity index (χ3n) is 4.07. The van der Waals surface area contributed by atoms with Crippen LogP contribution in [0.25, 0.3) is 0 Å². The van der Waals surface area contributed by atoms with Crippen molar-refractivity contribution < 1.29 is 18.7 Å². The number of halogens is 1. The van der Waals surface area contributed by atoms with Gasteiger partial charge in [-0.25, -0.2) is 9.18 Å². The molecular weight excluding hydrogens is 275 g/mol. The van der Waals surface area contributed by atoms with Crippen molar-refractivity contribution in [3.05, 3.63) is 29.6 Å². The Kier molecular flexibility index (Phi) is 4.57. The molecule has 1 amide bonds. The first-order valence-corrected chi connectivity index (χ1v) is 6.92. The van der Waals surface area contributed by atoms with Crippen LogP contribution < -0.4 is 11.1 Å². The van der Waals surface area contributed by atoms with Crippen LogP contribution in [0.5, 0.6) is 0 Å². The molecule has 1 aliphatic carbocycles. The van der Waals surface area contributed by atoms with Crippen molar-refractivity contribution in [3.8, 4) is 0 Å². The Morgan fingerprint density at radius 3 is 2.62 bits per heavy atom. The molecule has 1 aliphatic rings. The Bertz CT molecular complexity index is 554. The molecule has 0 heterocycles. The number of hydrogen-bond donors (Lipinski definition) is 2. The quantitative estimate of drug-likeness (QED) is 0.833. The van der Waals surface area contributed by atoms with E-state index in [-0.39, 0.29) is 23.7 Å². The number of carbonyl (C=O) groups is 2. The van der Waals surface area contributed by atoms with Crippen LogP contribution in [-0.2, 0) is 9.53 Å². The maximum absolute atomic E-state index is 13.4. The minimum atomic E-state index is -0.626. The standard InChI is InChI=1S/C15H19FN2O3/c1-21-13(19)11-5-4-10(16)8-12(11)18-14(20)15(9-17)6-2-3-7-15/h4-5,8H,2-3,6-7,9,17H2,1H3,(H,18,20). The van der Waals surface area contributed by atoms with Gasteiger partial charge in [-0.2, -0.15) is 0 Å². The van der Waals surface area contributed by atoms with Gasteiger partial charge >= 0.3 is 5.97 Å². The fraction of sp³-hybridized carbons (Fsp3) is 0.467. The molecule has 0 radical (unpaired) electrons. The Balaban J connectivity index is 2.28. The van der Waals surface area contributed by atoms with Crippen LogP contribution in [0.15, 0.2) is 18.2 Å². The first-order chi connectivity index (χ1) is 10.0. The van der Waals surface area contributed by atoms with Crippen molar-refractivity contribution in [2.24, 2.45) is 11.1 Å². The van der Waals surface area contributed by atoms with Gasteiger partial charge in [-0.05, 0) is 31.0 Å². The average molecular weight is 294 g/mol. The number of nitrogens with two attached hydrogens (primary N) is 1. The normalized spacial score (nSPS) is 16.5. The summed E-state index contributed by atoms with van der Waals surface area (Å²) in [6.07, 6.45) is 3.30. The van der Waals surface area contributed by atoms with E-state index in [4.69, 9.17) is 5.73 Å². The number of benzene rings is 1. The second-order valence-electron chi connectivity index (χ2n) is 5.33. The highest BCUT2D eigenvalue weighted by molar-refractivity contribution is 6.03. The minimum Gasteiger partial charge on any atom is -0.465 e. The summed E-state index contributed by atoms with van der Waals surface area (Å²) < 4.78 is 18.0. The van der Waals surface area contributed by atoms with Crippen LogP contribution in [0.1, 0.15) is 36.0 Å².